The first kappa shape index (κ1) is 9.70. The molecule has 1 atom stereocenters. The maximum atomic E-state index is 5.27. The monoisotopic (exact) mass is 142 g/mol. The Morgan fingerprint density at radius 2 is 2.10 bits per heavy atom. The second kappa shape index (κ2) is 5.48. The van der Waals surface area contributed by atoms with Gasteiger partial charge in [-0.1, -0.05) is 25.5 Å². The minimum atomic E-state index is 0.351. The lowest BCUT2D eigenvalue weighted by atomic mass is 10.1. The first-order valence-corrected chi connectivity index (χ1v) is 4.08. The summed E-state index contributed by atoms with van der Waals surface area (Å²) < 4.78 is 5.27. The summed E-state index contributed by atoms with van der Waals surface area (Å²) in [5, 5.41) is 0. The number of ether oxygens (including phenoxy) is 1. The van der Waals surface area contributed by atoms with E-state index in [0.29, 0.717) is 6.10 Å². The highest BCUT2D eigenvalue weighted by atomic mass is 16.5. The van der Waals surface area contributed by atoms with Crippen LogP contribution < -0.4 is 0 Å². The van der Waals surface area contributed by atoms with Crippen molar-refractivity contribution in [1.29, 1.82) is 0 Å². The van der Waals surface area contributed by atoms with Crippen LogP contribution in [0.15, 0.2) is 11.6 Å². The third-order valence-corrected chi connectivity index (χ3v) is 1.40. The normalized spacial score (nSPS) is 24.4. The fourth-order valence-electron chi connectivity index (χ4n) is 0.938. The van der Waals surface area contributed by atoms with Gasteiger partial charge in [0, 0.05) is 0 Å². The van der Waals surface area contributed by atoms with Gasteiger partial charge >= 0.3 is 0 Å². The van der Waals surface area contributed by atoms with Gasteiger partial charge in [0.15, 0.2) is 0 Å². The van der Waals surface area contributed by atoms with E-state index in [1.165, 1.54) is 5.57 Å². The van der Waals surface area contributed by atoms with Gasteiger partial charge in [0.2, 0.25) is 0 Å². The molecule has 0 aromatic rings. The van der Waals surface area contributed by atoms with Gasteiger partial charge in [0.05, 0.1) is 12.7 Å². The molecule has 1 aliphatic rings. The van der Waals surface area contributed by atoms with Crippen LogP contribution in [0.3, 0.4) is 0 Å². The highest BCUT2D eigenvalue weighted by Crippen LogP contribution is 2.10. The molecule has 1 heterocycles. The molecule has 0 aromatic carbocycles. The molecule has 1 aliphatic heterocycles. The van der Waals surface area contributed by atoms with E-state index in [1.807, 2.05) is 13.8 Å². The first-order chi connectivity index (χ1) is 4.79. The van der Waals surface area contributed by atoms with E-state index in [9.17, 15) is 0 Å². The van der Waals surface area contributed by atoms with E-state index < -0.39 is 0 Å². The SMILES string of the molecule is CC.CC1=CC(C)OCC1. The van der Waals surface area contributed by atoms with Crippen molar-refractivity contribution in [3.8, 4) is 0 Å². The van der Waals surface area contributed by atoms with Crippen LogP contribution in [0.4, 0.5) is 0 Å². The van der Waals surface area contributed by atoms with Crippen molar-refractivity contribution in [2.45, 2.75) is 40.2 Å². The van der Waals surface area contributed by atoms with E-state index in [0.717, 1.165) is 13.0 Å². The fourth-order valence-corrected chi connectivity index (χ4v) is 0.938. The first-order valence-electron chi connectivity index (χ1n) is 4.08. The Hall–Kier alpha value is -0.300. The Morgan fingerprint density at radius 3 is 2.40 bits per heavy atom. The average molecular weight is 142 g/mol. The molecule has 0 aromatic heterocycles. The van der Waals surface area contributed by atoms with E-state index in [-0.39, 0.29) is 0 Å². The lowest BCUT2D eigenvalue weighted by Crippen LogP contribution is -2.11. The molecular weight excluding hydrogens is 124 g/mol. The Bertz CT molecular complexity index is 105. The Morgan fingerprint density at radius 1 is 1.50 bits per heavy atom. The van der Waals surface area contributed by atoms with Gasteiger partial charge in [-0.15, -0.1) is 0 Å². The van der Waals surface area contributed by atoms with Crippen molar-refractivity contribution in [1.82, 2.24) is 0 Å². The lowest BCUT2D eigenvalue weighted by molar-refractivity contribution is 0.0892. The minimum absolute atomic E-state index is 0.351. The zero-order valence-electron chi connectivity index (χ0n) is 7.48. The van der Waals surface area contributed by atoms with E-state index >= 15 is 0 Å². The van der Waals surface area contributed by atoms with Gasteiger partial charge < -0.3 is 4.74 Å². The van der Waals surface area contributed by atoms with Crippen molar-refractivity contribution >= 4 is 0 Å². The summed E-state index contributed by atoms with van der Waals surface area (Å²) in [6.45, 7) is 9.13. The van der Waals surface area contributed by atoms with Gasteiger partial charge in [0.25, 0.3) is 0 Å². The molecule has 1 nitrogen and oxygen atoms in total. The summed E-state index contributed by atoms with van der Waals surface area (Å²) in [4.78, 5) is 0. The molecule has 0 aliphatic carbocycles. The zero-order valence-corrected chi connectivity index (χ0v) is 7.48. The maximum absolute atomic E-state index is 5.27. The third kappa shape index (κ3) is 3.67. The molecule has 1 heteroatoms. The Labute approximate surface area is 64.1 Å². The van der Waals surface area contributed by atoms with Gasteiger partial charge in [-0.25, -0.2) is 0 Å². The van der Waals surface area contributed by atoms with Crippen LogP contribution in [-0.4, -0.2) is 12.7 Å². The van der Waals surface area contributed by atoms with Crippen molar-refractivity contribution in [2.75, 3.05) is 6.61 Å². The number of rotatable bonds is 0. The summed E-state index contributed by atoms with van der Waals surface area (Å²) in [7, 11) is 0. The summed E-state index contributed by atoms with van der Waals surface area (Å²) in [5.74, 6) is 0. The molecular formula is C9H18O. The molecule has 0 radical (unpaired) electrons. The lowest BCUT2D eigenvalue weighted by Gasteiger charge is -2.15. The van der Waals surface area contributed by atoms with Crippen molar-refractivity contribution in [2.24, 2.45) is 0 Å². The van der Waals surface area contributed by atoms with Crippen LogP contribution in [0.2, 0.25) is 0 Å². The van der Waals surface area contributed by atoms with Gasteiger partial charge in [0.1, 0.15) is 0 Å². The topological polar surface area (TPSA) is 9.23 Å². The smallest absolute Gasteiger partial charge is 0.0730 e. The largest absolute Gasteiger partial charge is 0.374 e. The fraction of sp³-hybridized carbons (Fsp3) is 0.778. The van der Waals surface area contributed by atoms with Crippen LogP contribution >= 0.6 is 0 Å². The van der Waals surface area contributed by atoms with Crippen LogP contribution in [-0.2, 0) is 4.74 Å². The molecule has 0 fully saturated rings. The predicted molar refractivity (Wildman–Crippen MR) is 45.1 cm³/mol. The summed E-state index contributed by atoms with van der Waals surface area (Å²) in [6, 6.07) is 0. The maximum Gasteiger partial charge on any atom is 0.0730 e. The van der Waals surface area contributed by atoms with Gasteiger partial charge in [-0.3, -0.25) is 0 Å². The Kier molecular flexibility index (Phi) is 5.32. The van der Waals surface area contributed by atoms with E-state index in [1.54, 1.807) is 0 Å². The van der Waals surface area contributed by atoms with Crippen molar-refractivity contribution < 1.29 is 4.74 Å². The number of hydrogen-bond acceptors (Lipinski definition) is 1. The minimum Gasteiger partial charge on any atom is -0.374 e. The summed E-state index contributed by atoms with van der Waals surface area (Å²) >= 11 is 0. The van der Waals surface area contributed by atoms with Gasteiger partial charge in [-0.2, -0.15) is 0 Å². The van der Waals surface area contributed by atoms with E-state index in [2.05, 4.69) is 19.9 Å². The predicted octanol–water partition coefficient (Wildman–Crippen LogP) is 2.77. The second-order valence-electron chi connectivity index (χ2n) is 2.34. The van der Waals surface area contributed by atoms with Crippen LogP contribution in [0.1, 0.15) is 34.1 Å². The zero-order chi connectivity index (χ0) is 7.98. The molecule has 0 spiro atoms. The molecule has 0 amide bonds. The van der Waals surface area contributed by atoms with Crippen LogP contribution in [0, 0.1) is 0 Å². The molecule has 1 rings (SSSR count). The molecule has 60 valence electrons. The highest BCUT2D eigenvalue weighted by molar-refractivity contribution is 5.03. The van der Waals surface area contributed by atoms with Crippen molar-refractivity contribution in [3.05, 3.63) is 11.6 Å². The standard InChI is InChI=1S/C7H12O.C2H6/c1-6-3-4-8-7(2)5-6;1-2/h5,7H,3-4H2,1-2H3;1-2H3. The molecule has 0 bridgehead atoms. The van der Waals surface area contributed by atoms with E-state index in [4.69, 9.17) is 4.74 Å². The van der Waals surface area contributed by atoms with Crippen LogP contribution in [0.5, 0.6) is 0 Å². The Balaban J connectivity index is 0.000000371. The molecule has 1 unspecified atom stereocenters. The average Bonchev–Trinajstić information content (AvgIpc) is 1.91. The van der Waals surface area contributed by atoms with Crippen LogP contribution in [0.25, 0.3) is 0 Å². The third-order valence-electron chi connectivity index (χ3n) is 1.40. The summed E-state index contributed by atoms with van der Waals surface area (Å²) in [5.41, 5.74) is 1.46. The molecule has 0 saturated heterocycles. The van der Waals surface area contributed by atoms with Gasteiger partial charge in [-0.05, 0) is 20.3 Å². The molecule has 0 saturated carbocycles. The highest BCUT2D eigenvalue weighted by Gasteiger charge is 2.04. The molecule has 0 N–H and O–H groups in total. The second-order valence-corrected chi connectivity index (χ2v) is 2.34. The molecule has 10 heavy (non-hydrogen) atoms. The summed E-state index contributed by atoms with van der Waals surface area (Å²) in [6.07, 6.45) is 3.64. The van der Waals surface area contributed by atoms with Crippen molar-refractivity contribution in [3.63, 3.8) is 0 Å². The quantitative estimate of drug-likeness (QED) is 0.472. The number of hydrogen-bond donors (Lipinski definition) is 0.